The van der Waals surface area contributed by atoms with Gasteiger partial charge in [0, 0.05) is 5.56 Å². The number of rotatable bonds is 3. The monoisotopic (exact) mass is 246 g/mol. The van der Waals surface area contributed by atoms with Gasteiger partial charge in [-0.25, -0.2) is 4.68 Å². The van der Waals surface area contributed by atoms with E-state index in [0.29, 0.717) is 5.82 Å². The summed E-state index contributed by atoms with van der Waals surface area (Å²) in [5.74, 6) is 0.181. The van der Waals surface area contributed by atoms with Gasteiger partial charge >= 0.3 is 5.97 Å². The minimum Gasteiger partial charge on any atom is -0.468 e. The number of hydrogen-bond donors (Lipinski definition) is 0. The zero-order valence-corrected chi connectivity index (χ0v) is 10.5. The first kappa shape index (κ1) is 12.2. The quantitative estimate of drug-likeness (QED) is 0.759. The van der Waals surface area contributed by atoms with Crippen molar-refractivity contribution in [2.24, 2.45) is 0 Å². The van der Waals surface area contributed by atoms with Crippen LogP contribution in [0.4, 0.5) is 0 Å². The van der Waals surface area contributed by atoms with Gasteiger partial charge in [0.15, 0.2) is 5.82 Å². The molecule has 0 amide bonds. The number of aromatic nitrogens is 4. The fourth-order valence-corrected chi connectivity index (χ4v) is 1.81. The lowest BCUT2D eigenvalue weighted by molar-refractivity contribution is -0.141. The zero-order chi connectivity index (χ0) is 13.1. The maximum atomic E-state index is 11.3. The molecule has 1 heterocycles. The molecule has 6 heteroatoms. The van der Waals surface area contributed by atoms with Gasteiger partial charge in [0.05, 0.1) is 7.11 Å². The summed E-state index contributed by atoms with van der Waals surface area (Å²) in [7, 11) is 1.34. The standard InChI is InChI=1S/C12H14N4O2/c1-8-4-9(2)6-10(5-8)12-13-14-15-16(12)7-11(17)18-3/h4-6H,7H2,1-3H3. The molecule has 0 spiro atoms. The number of aryl methyl sites for hydroxylation is 2. The van der Waals surface area contributed by atoms with Crippen LogP contribution in [0.3, 0.4) is 0 Å². The molecule has 2 rings (SSSR count). The second kappa shape index (κ2) is 4.95. The maximum Gasteiger partial charge on any atom is 0.327 e. The third-order valence-corrected chi connectivity index (χ3v) is 2.52. The van der Waals surface area contributed by atoms with Crippen molar-refractivity contribution >= 4 is 5.97 Å². The largest absolute Gasteiger partial charge is 0.468 e. The molecule has 0 aliphatic carbocycles. The summed E-state index contributed by atoms with van der Waals surface area (Å²) in [6, 6.07) is 6.02. The average Bonchev–Trinajstić information content (AvgIpc) is 2.75. The Bertz CT molecular complexity index is 557. The minimum atomic E-state index is -0.382. The first-order chi connectivity index (χ1) is 8.60. The van der Waals surface area contributed by atoms with Gasteiger partial charge in [-0.1, -0.05) is 17.2 Å². The third-order valence-electron chi connectivity index (χ3n) is 2.52. The molecule has 0 unspecified atom stereocenters. The van der Waals surface area contributed by atoms with E-state index in [-0.39, 0.29) is 12.5 Å². The summed E-state index contributed by atoms with van der Waals surface area (Å²) in [5, 5.41) is 11.3. The number of tetrazole rings is 1. The van der Waals surface area contributed by atoms with Crippen LogP contribution in [-0.4, -0.2) is 33.3 Å². The van der Waals surface area contributed by atoms with Crippen LogP contribution in [-0.2, 0) is 16.1 Å². The van der Waals surface area contributed by atoms with E-state index in [1.165, 1.54) is 11.8 Å². The van der Waals surface area contributed by atoms with E-state index in [9.17, 15) is 4.79 Å². The van der Waals surface area contributed by atoms with Crippen molar-refractivity contribution in [1.82, 2.24) is 20.2 Å². The number of carbonyl (C=O) groups excluding carboxylic acids is 1. The van der Waals surface area contributed by atoms with Gasteiger partial charge in [-0.15, -0.1) is 5.10 Å². The molecule has 2 aromatic rings. The SMILES string of the molecule is COC(=O)Cn1nnnc1-c1cc(C)cc(C)c1. The Morgan fingerprint density at radius 1 is 1.28 bits per heavy atom. The molecule has 0 radical (unpaired) electrons. The highest BCUT2D eigenvalue weighted by molar-refractivity contribution is 5.70. The molecule has 0 N–H and O–H groups in total. The van der Waals surface area contributed by atoms with Gasteiger partial charge < -0.3 is 4.74 Å². The van der Waals surface area contributed by atoms with E-state index in [4.69, 9.17) is 0 Å². The number of methoxy groups -OCH3 is 1. The van der Waals surface area contributed by atoms with Crippen molar-refractivity contribution in [3.63, 3.8) is 0 Å². The first-order valence-corrected chi connectivity index (χ1v) is 5.52. The summed E-state index contributed by atoms with van der Waals surface area (Å²) in [4.78, 5) is 11.3. The summed E-state index contributed by atoms with van der Waals surface area (Å²) in [5.41, 5.74) is 3.14. The van der Waals surface area contributed by atoms with Crippen molar-refractivity contribution in [1.29, 1.82) is 0 Å². The summed E-state index contributed by atoms with van der Waals surface area (Å²) in [6.45, 7) is 4.02. The molecule has 0 saturated carbocycles. The summed E-state index contributed by atoms with van der Waals surface area (Å²) >= 11 is 0. The van der Waals surface area contributed by atoms with Crippen molar-refractivity contribution < 1.29 is 9.53 Å². The van der Waals surface area contributed by atoms with Gasteiger partial charge in [-0.05, 0) is 36.4 Å². The predicted octanol–water partition coefficient (Wildman–Crippen LogP) is 1.13. The highest BCUT2D eigenvalue weighted by Crippen LogP contribution is 2.19. The van der Waals surface area contributed by atoms with Crippen LogP contribution in [0.25, 0.3) is 11.4 Å². The number of benzene rings is 1. The van der Waals surface area contributed by atoms with Gasteiger partial charge in [-0.2, -0.15) is 0 Å². The Morgan fingerprint density at radius 2 is 1.94 bits per heavy atom. The van der Waals surface area contributed by atoms with Gasteiger partial charge in [0.25, 0.3) is 0 Å². The molecule has 0 bridgehead atoms. The molecule has 94 valence electrons. The van der Waals surface area contributed by atoms with Crippen molar-refractivity contribution in [3.05, 3.63) is 29.3 Å². The van der Waals surface area contributed by atoms with Crippen LogP contribution < -0.4 is 0 Å². The molecule has 0 aliphatic heterocycles. The third kappa shape index (κ3) is 2.53. The molecule has 0 aliphatic rings. The van der Waals surface area contributed by atoms with Crippen LogP contribution in [0.2, 0.25) is 0 Å². The van der Waals surface area contributed by atoms with Gasteiger partial charge in [0.2, 0.25) is 0 Å². The first-order valence-electron chi connectivity index (χ1n) is 5.52. The van der Waals surface area contributed by atoms with E-state index in [2.05, 4.69) is 26.3 Å². The number of hydrogen-bond acceptors (Lipinski definition) is 5. The van der Waals surface area contributed by atoms with Crippen LogP contribution in [0.1, 0.15) is 11.1 Å². The summed E-state index contributed by atoms with van der Waals surface area (Å²) < 4.78 is 6.04. The van der Waals surface area contributed by atoms with E-state index < -0.39 is 0 Å². The fraction of sp³-hybridized carbons (Fsp3) is 0.333. The molecular weight excluding hydrogens is 232 g/mol. The molecular formula is C12H14N4O2. The fourth-order valence-electron chi connectivity index (χ4n) is 1.81. The van der Waals surface area contributed by atoms with Crippen LogP contribution in [0.5, 0.6) is 0 Å². The molecule has 1 aromatic heterocycles. The van der Waals surface area contributed by atoms with E-state index in [1.54, 1.807) is 0 Å². The van der Waals surface area contributed by atoms with E-state index in [1.807, 2.05) is 26.0 Å². The average molecular weight is 246 g/mol. The topological polar surface area (TPSA) is 69.9 Å². The van der Waals surface area contributed by atoms with Crippen LogP contribution >= 0.6 is 0 Å². The van der Waals surface area contributed by atoms with Gasteiger partial charge in [-0.3, -0.25) is 4.79 Å². The normalized spacial score (nSPS) is 10.4. The van der Waals surface area contributed by atoms with Gasteiger partial charge in [0.1, 0.15) is 6.54 Å². The highest BCUT2D eigenvalue weighted by Gasteiger charge is 2.12. The molecule has 0 fully saturated rings. The highest BCUT2D eigenvalue weighted by atomic mass is 16.5. The van der Waals surface area contributed by atoms with Crippen molar-refractivity contribution in [2.75, 3.05) is 7.11 Å². The van der Waals surface area contributed by atoms with Crippen LogP contribution in [0.15, 0.2) is 18.2 Å². The van der Waals surface area contributed by atoms with Crippen molar-refractivity contribution in [2.45, 2.75) is 20.4 Å². The van der Waals surface area contributed by atoms with E-state index >= 15 is 0 Å². The number of nitrogens with zero attached hydrogens (tertiary/aromatic N) is 4. The molecule has 18 heavy (non-hydrogen) atoms. The smallest absolute Gasteiger partial charge is 0.327 e. The molecule has 0 saturated heterocycles. The second-order valence-electron chi connectivity index (χ2n) is 4.11. The predicted molar refractivity (Wildman–Crippen MR) is 64.7 cm³/mol. The van der Waals surface area contributed by atoms with Crippen molar-refractivity contribution in [3.8, 4) is 11.4 Å². The molecule has 1 aromatic carbocycles. The maximum absolute atomic E-state index is 11.3. The Morgan fingerprint density at radius 3 is 2.56 bits per heavy atom. The molecule has 0 atom stereocenters. The lowest BCUT2D eigenvalue weighted by Crippen LogP contribution is -2.14. The zero-order valence-electron chi connectivity index (χ0n) is 10.5. The second-order valence-corrected chi connectivity index (χ2v) is 4.11. The van der Waals surface area contributed by atoms with Crippen LogP contribution in [0, 0.1) is 13.8 Å². The molecule has 6 nitrogen and oxygen atoms in total. The summed E-state index contributed by atoms with van der Waals surface area (Å²) in [6.07, 6.45) is 0. The number of carbonyl (C=O) groups is 1. The minimum absolute atomic E-state index is 0.00578. The Kier molecular flexibility index (Phi) is 3.36. The Labute approximate surface area is 105 Å². The number of esters is 1. The number of ether oxygens (including phenoxy) is 1. The Hall–Kier alpha value is -2.24. The van der Waals surface area contributed by atoms with E-state index in [0.717, 1.165) is 16.7 Å². The Balaban J connectivity index is 2.39. The lowest BCUT2D eigenvalue weighted by Gasteiger charge is -2.05. The lowest BCUT2D eigenvalue weighted by atomic mass is 10.1.